The number of hydrogen-bond donors (Lipinski definition) is 0. The van der Waals surface area contributed by atoms with Gasteiger partial charge in [-0.05, 0) is 19.4 Å². The van der Waals surface area contributed by atoms with E-state index < -0.39 is 17.4 Å². The van der Waals surface area contributed by atoms with Crippen LogP contribution in [-0.2, 0) is 25.6 Å². The zero-order valence-electron chi connectivity index (χ0n) is 13.8. The highest BCUT2D eigenvalue weighted by molar-refractivity contribution is 5.91. The number of fused-ring (bicyclic) bond motifs is 1. The molecule has 2 fully saturated rings. The van der Waals surface area contributed by atoms with Gasteiger partial charge in [0.15, 0.2) is 0 Å². The molecule has 1 aromatic rings. The van der Waals surface area contributed by atoms with E-state index in [1.807, 2.05) is 56.3 Å². The van der Waals surface area contributed by atoms with Crippen molar-refractivity contribution in [3.63, 3.8) is 0 Å². The Bertz CT molecular complexity index is 699. The van der Waals surface area contributed by atoms with E-state index in [1.54, 1.807) is 4.90 Å². The molecule has 0 saturated carbocycles. The summed E-state index contributed by atoms with van der Waals surface area (Å²) in [4.78, 5) is 27.3. The lowest BCUT2D eigenvalue weighted by molar-refractivity contribution is -0.157. The Morgan fingerprint density at radius 3 is 2.83 bits per heavy atom. The summed E-state index contributed by atoms with van der Waals surface area (Å²) in [5, 5.41) is 0. The van der Waals surface area contributed by atoms with Crippen LogP contribution in [0.2, 0.25) is 0 Å². The molecule has 126 valence electrons. The van der Waals surface area contributed by atoms with Crippen LogP contribution in [0.5, 0.6) is 0 Å². The highest BCUT2D eigenvalue weighted by Gasteiger charge is 2.67. The van der Waals surface area contributed by atoms with E-state index in [0.717, 1.165) is 5.56 Å². The van der Waals surface area contributed by atoms with Gasteiger partial charge in [-0.25, -0.2) is 0 Å². The molecule has 0 N–H and O–H groups in total. The predicted molar refractivity (Wildman–Crippen MR) is 86.8 cm³/mol. The highest BCUT2D eigenvalue weighted by atomic mass is 16.6. The minimum atomic E-state index is -0.669. The van der Waals surface area contributed by atoms with Gasteiger partial charge in [0, 0.05) is 6.54 Å². The lowest BCUT2D eigenvalue weighted by atomic mass is 9.77. The molecule has 4 atom stereocenters. The second-order valence-corrected chi connectivity index (χ2v) is 7.07. The van der Waals surface area contributed by atoms with Crippen molar-refractivity contribution in [3.8, 4) is 0 Å². The normalized spacial score (nSPS) is 33.4. The molecule has 3 aliphatic heterocycles. The van der Waals surface area contributed by atoms with Crippen molar-refractivity contribution in [2.75, 3.05) is 6.54 Å². The summed E-state index contributed by atoms with van der Waals surface area (Å²) >= 11 is 0. The van der Waals surface area contributed by atoms with E-state index >= 15 is 0 Å². The number of likely N-dealkylation sites (tertiary alicyclic amines) is 1. The Hall–Kier alpha value is -2.14. The van der Waals surface area contributed by atoms with Crippen LogP contribution >= 0.6 is 0 Å². The topological polar surface area (TPSA) is 55.8 Å². The number of ether oxygens (including phenoxy) is 2. The number of esters is 1. The highest BCUT2D eigenvalue weighted by Crippen LogP contribution is 2.52. The summed E-state index contributed by atoms with van der Waals surface area (Å²) in [6.45, 7) is 4.65. The quantitative estimate of drug-likeness (QED) is 0.626. The maximum absolute atomic E-state index is 13.0. The molecule has 4 rings (SSSR count). The van der Waals surface area contributed by atoms with Gasteiger partial charge in [-0.3, -0.25) is 9.59 Å². The Morgan fingerprint density at radius 1 is 1.38 bits per heavy atom. The van der Waals surface area contributed by atoms with Gasteiger partial charge in [-0.2, -0.15) is 0 Å². The largest absolute Gasteiger partial charge is 0.463 e. The number of nitrogens with zero attached hydrogens (tertiary/aromatic N) is 1. The lowest BCUT2D eigenvalue weighted by Crippen LogP contribution is -2.40. The standard InChI is InChI=1S/C19H21NO4/c1-12(2)23-18(22)15-14-8-9-19(24-14)11-20(17(21)16(15)19)10-13-6-4-3-5-7-13/h3-9,12,14-16H,10-11H2,1-2H3/t14-,15+,16+,19-/m0/s1. The van der Waals surface area contributed by atoms with E-state index in [-0.39, 0.29) is 24.1 Å². The van der Waals surface area contributed by atoms with Gasteiger partial charge in [0.2, 0.25) is 5.91 Å². The van der Waals surface area contributed by atoms with E-state index in [9.17, 15) is 9.59 Å². The van der Waals surface area contributed by atoms with Crippen LogP contribution in [0.15, 0.2) is 42.5 Å². The molecular formula is C19H21NO4. The first-order chi connectivity index (χ1) is 11.5. The van der Waals surface area contributed by atoms with Gasteiger partial charge in [0.05, 0.1) is 24.7 Å². The van der Waals surface area contributed by atoms with Crippen molar-refractivity contribution in [3.05, 3.63) is 48.0 Å². The molecule has 1 aromatic carbocycles. The van der Waals surface area contributed by atoms with Crippen molar-refractivity contribution in [2.45, 2.75) is 38.2 Å². The Balaban J connectivity index is 1.58. The number of amides is 1. The number of hydrogen-bond acceptors (Lipinski definition) is 4. The van der Waals surface area contributed by atoms with Crippen molar-refractivity contribution in [2.24, 2.45) is 11.8 Å². The molecule has 0 aliphatic carbocycles. The van der Waals surface area contributed by atoms with E-state index in [4.69, 9.17) is 9.47 Å². The average Bonchev–Trinajstić information content (AvgIpc) is 3.16. The van der Waals surface area contributed by atoms with Crippen LogP contribution in [-0.4, -0.2) is 41.1 Å². The van der Waals surface area contributed by atoms with Crippen molar-refractivity contribution < 1.29 is 19.1 Å². The van der Waals surface area contributed by atoms with Crippen LogP contribution in [0.25, 0.3) is 0 Å². The second-order valence-electron chi connectivity index (χ2n) is 7.07. The number of carbonyl (C=O) groups is 2. The van der Waals surface area contributed by atoms with Gasteiger partial charge >= 0.3 is 5.97 Å². The maximum Gasteiger partial charge on any atom is 0.313 e. The van der Waals surface area contributed by atoms with E-state index in [0.29, 0.717) is 13.1 Å². The average molecular weight is 327 g/mol. The Labute approximate surface area is 141 Å². The van der Waals surface area contributed by atoms with Crippen molar-refractivity contribution in [1.82, 2.24) is 4.90 Å². The summed E-state index contributed by atoms with van der Waals surface area (Å²) in [7, 11) is 0. The molecule has 0 unspecified atom stereocenters. The lowest BCUT2D eigenvalue weighted by Gasteiger charge is -2.23. The first-order valence-electron chi connectivity index (χ1n) is 8.40. The Kier molecular flexibility index (Phi) is 3.49. The molecule has 0 radical (unpaired) electrons. The monoisotopic (exact) mass is 327 g/mol. The van der Waals surface area contributed by atoms with Gasteiger partial charge in [0.1, 0.15) is 11.5 Å². The molecule has 3 heterocycles. The van der Waals surface area contributed by atoms with Crippen LogP contribution in [0.4, 0.5) is 0 Å². The molecule has 24 heavy (non-hydrogen) atoms. The first kappa shape index (κ1) is 15.4. The summed E-state index contributed by atoms with van der Waals surface area (Å²) in [6.07, 6.45) is 3.32. The van der Waals surface area contributed by atoms with Gasteiger partial charge in [-0.15, -0.1) is 0 Å². The van der Waals surface area contributed by atoms with Crippen LogP contribution < -0.4 is 0 Å². The summed E-state index contributed by atoms with van der Waals surface area (Å²) in [5.74, 6) is -1.36. The van der Waals surface area contributed by atoms with Gasteiger partial charge in [-0.1, -0.05) is 42.5 Å². The molecule has 2 saturated heterocycles. The zero-order valence-corrected chi connectivity index (χ0v) is 13.8. The zero-order chi connectivity index (χ0) is 16.9. The molecule has 5 heteroatoms. The third-order valence-corrected chi connectivity index (χ3v) is 5.02. The molecule has 3 aliphatic rings. The predicted octanol–water partition coefficient (Wildman–Crippen LogP) is 1.92. The van der Waals surface area contributed by atoms with Gasteiger partial charge in [0.25, 0.3) is 0 Å². The van der Waals surface area contributed by atoms with E-state index in [2.05, 4.69) is 0 Å². The van der Waals surface area contributed by atoms with Gasteiger partial charge < -0.3 is 14.4 Å². The molecule has 1 amide bonds. The minimum absolute atomic E-state index is 0.0172. The molecule has 2 bridgehead atoms. The number of benzene rings is 1. The first-order valence-corrected chi connectivity index (χ1v) is 8.40. The van der Waals surface area contributed by atoms with E-state index in [1.165, 1.54) is 0 Å². The molecule has 5 nitrogen and oxygen atoms in total. The fourth-order valence-corrected chi connectivity index (χ4v) is 4.10. The number of carbonyl (C=O) groups excluding carboxylic acids is 2. The molecular weight excluding hydrogens is 306 g/mol. The third-order valence-electron chi connectivity index (χ3n) is 5.02. The van der Waals surface area contributed by atoms with Crippen LogP contribution in [0.3, 0.4) is 0 Å². The van der Waals surface area contributed by atoms with Crippen LogP contribution in [0.1, 0.15) is 19.4 Å². The van der Waals surface area contributed by atoms with Crippen molar-refractivity contribution in [1.29, 1.82) is 0 Å². The molecule has 1 spiro atoms. The maximum atomic E-state index is 13.0. The second kappa shape index (κ2) is 5.45. The summed E-state index contributed by atoms with van der Waals surface area (Å²) < 4.78 is 11.4. The SMILES string of the molecule is CC(C)OC(=O)[C@@H]1[C@@H]2C=C[C@@]3(CN(Cc4ccccc4)C(=O)[C@@H]13)O2. The van der Waals surface area contributed by atoms with Crippen molar-refractivity contribution >= 4 is 11.9 Å². The fourth-order valence-electron chi connectivity index (χ4n) is 4.10. The molecule has 0 aromatic heterocycles. The smallest absolute Gasteiger partial charge is 0.313 e. The summed E-state index contributed by atoms with van der Waals surface area (Å²) in [6, 6.07) is 9.86. The number of rotatable bonds is 4. The third kappa shape index (κ3) is 2.26. The fraction of sp³-hybridized carbons (Fsp3) is 0.474. The summed E-state index contributed by atoms with van der Waals surface area (Å²) in [5.41, 5.74) is 0.402. The van der Waals surface area contributed by atoms with Crippen LogP contribution in [0, 0.1) is 11.8 Å². The Morgan fingerprint density at radius 2 is 2.12 bits per heavy atom. The minimum Gasteiger partial charge on any atom is -0.463 e.